The van der Waals surface area contributed by atoms with Crippen LogP contribution in [0.4, 0.5) is 0 Å². The molecule has 0 bridgehead atoms. The number of likely N-dealkylation sites (N-methyl/N-ethyl adjacent to an activating group) is 1. The van der Waals surface area contributed by atoms with Gasteiger partial charge < -0.3 is 14.2 Å². The molecule has 24 heavy (non-hydrogen) atoms. The van der Waals surface area contributed by atoms with E-state index in [1.165, 1.54) is 6.08 Å². The van der Waals surface area contributed by atoms with Crippen LogP contribution < -0.4 is 0 Å². The van der Waals surface area contributed by atoms with Crippen molar-refractivity contribution in [1.29, 1.82) is 0 Å². The lowest BCUT2D eigenvalue weighted by Gasteiger charge is -2.43. The fourth-order valence-corrected chi connectivity index (χ4v) is 2.64. The largest absolute Gasteiger partial charge is 0.441 e. The van der Waals surface area contributed by atoms with Gasteiger partial charge in [-0.05, 0) is 25.1 Å². The first-order chi connectivity index (χ1) is 11.5. The molecule has 1 aliphatic heterocycles. The molecule has 2 amide bonds. The van der Waals surface area contributed by atoms with Crippen molar-refractivity contribution in [2.24, 2.45) is 0 Å². The van der Waals surface area contributed by atoms with E-state index < -0.39 is 0 Å². The van der Waals surface area contributed by atoms with Crippen LogP contribution in [0.2, 0.25) is 0 Å². The SMILES string of the molecule is C=CC(=O)N(C)C1CN(C(=O)c2nc(-c3ccccc3)oc2C)C1. The van der Waals surface area contributed by atoms with E-state index in [2.05, 4.69) is 11.6 Å². The van der Waals surface area contributed by atoms with Crippen LogP contribution in [0.15, 0.2) is 47.4 Å². The summed E-state index contributed by atoms with van der Waals surface area (Å²) >= 11 is 0. The van der Waals surface area contributed by atoms with Crippen molar-refractivity contribution in [3.05, 3.63) is 54.4 Å². The Morgan fingerprint density at radius 3 is 2.62 bits per heavy atom. The van der Waals surface area contributed by atoms with Gasteiger partial charge in [-0.2, -0.15) is 0 Å². The van der Waals surface area contributed by atoms with Gasteiger partial charge in [0.25, 0.3) is 5.91 Å². The lowest BCUT2D eigenvalue weighted by Crippen LogP contribution is -2.61. The van der Waals surface area contributed by atoms with E-state index in [-0.39, 0.29) is 17.9 Å². The monoisotopic (exact) mass is 325 g/mol. The maximum atomic E-state index is 12.6. The molecule has 6 nitrogen and oxygen atoms in total. The molecule has 1 saturated heterocycles. The summed E-state index contributed by atoms with van der Waals surface area (Å²) in [6, 6.07) is 9.47. The number of hydrogen-bond acceptors (Lipinski definition) is 4. The molecule has 1 aliphatic rings. The van der Waals surface area contributed by atoms with Gasteiger partial charge in [0.15, 0.2) is 5.69 Å². The van der Waals surface area contributed by atoms with Crippen LogP contribution in [-0.2, 0) is 4.79 Å². The van der Waals surface area contributed by atoms with Crippen molar-refractivity contribution < 1.29 is 14.0 Å². The number of aromatic nitrogens is 1. The summed E-state index contributed by atoms with van der Waals surface area (Å²) in [5, 5.41) is 0. The number of carbonyl (C=O) groups excluding carboxylic acids is 2. The van der Waals surface area contributed by atoms with Crippen LogP contribution in [0.3, 0.4) is 0 Å². The van der Waals surface area contributed by atoms with E-state index in [4.69, 9.17) is 4.42 Å². The van der Waals surface area contributed by atoms with Crippen molar-refractivity contribution in [1.82, 2.24) is 14.8 Å². The Balaban J connectivity index is 1.70. The van der Waals surface area contributed by atoms with Gasteiger partial charge >= 0.3 is 0 Å². The molecule has 0 radical (unpaired) electrons. The lowest BCUT2D eigenvalue weighted by atomic mass is 10.1. The predicted molar refractivity (Wildman–Crippen MR) is 89.3 cm³/mol. The van der Waals surface area contributed by atoms with Crippen molar-refractivity contribution in [3.63, 3.8) is 0 Å². The Bertz CT molecular complexity index is 776. The fraction of sp³-hybridized carbons (Fsp3) is 0.278. The average molecular weight is 325 g/mol. The van der Waals surface area contributed by atoms with E-state index >= 15 is 0 Å². The van der Waals surface area contributed by atoms with E-state index in [9.17, 15) is 9.59 Å². The molecule has 0 aliphatic carbocycles. The van der Waals surface area contributed by atoms with Gasteiger partial charge in [0.05, 0.1) is 6.04 Å². The molecule has 0 unspecified atom stereocenters. The third-order valence-corrected chi connectivity index (χ3v) is 4.24. The second-order valence-corrected chi connectivity index (χ2v) is 5.81. The Morgan fingerprint density at radius 1 is 1.33 bits per heavy atom. The van der Waals surface area contributed by atoms with Gasteiger partial charge in [-0.15, -0.1) is 0 Å². The first-order valence-electron chi connectivity index (χ1n) is 7.72. The molecule has 1 fully saturated rings. The van der Waals surface area contributed by atoms with Crippen LogP contribution in [0, 0.1) is 6.92 Å². The van der Waals surface area contributed by atoms with Gasteiger partial charge in [0.1, 0.15) is 5.76 Å². The summed E-state index contributed by atoms with van der Waals surface area (Å²) < 4.78 is 5.63. The minimum Gasteiger partial charge on any atom is -0.441 e. The zero-order chi connectivity index (χ0) is 17.3. The molecule has 1 aromatic carbocycles. The summed E-state index contributed by atoms with van der Waals surface area (Å²) in [5.41, 5.74) is 1.16. The zero-order valence-corrected chi connectivity index (χ0v) is 13.7. The van der Waals surface area contributed by atoms with Crippen molar-refractivity contribution in [2.75, 3.05) is 20.1 Å². The van der Waals surface area contributed by atoms with Crippen LogP contribution in [0.25, 0.3) is 11.5 Å². The molecule has 0 atom stereocenters. The number of likely N-dealkylation sites (tertiary alicyclic amines) is 1. The van der Waals surface area contributed by atoms with Gasteiger partial charge in [-0.25, -0.2) is 4.98 Å². The maximum Gasteiger partial charge on any atom is 0.276 e. The molecular weight excluding hydrogens is 306 g/mol. The first kappa shape index (κ1) is 16.0. The third kappa shape index (κ3) is 2.82. The molecule has 3 rings (SSSR count). The third-order valence-electron chi connectivity index (χ3n) is 4.24. The summed E-state index contributed by atoms with van der Waals surface area (Å²) in [6.45, 7) is 6.18. The quantitative estimate of drug-likeness (QED) is 0.808. The smallest absolute Gasteiger partial charge is 0.276 e. The summed E-state index contributed by atoms with van der Waals surface area (Å²) in [5.74, 6) is 0.621. The molecule has 6 heteroatoms. The lowest BCUT2D eigenvalue weighted by molar-refractivity contribution is -0.129. The number of hydrogen-bond donors (Lipinski definition) is 0. The molecule has 2 aromatic rings. The standard InChI is InChI=1S/C18H19N3O3/c1-4-15(22)20(3)14-10-21(11-14)18(23)16-12(2)24-17(19-16)13-8-6-5-7-9-13/h4-9,14H,1,10-11H2,2-3H3. The number of nitrogens with zero attached hydrogens (tertiary/aromatic N) is 3. The van der Waals surface area contributed by atoms with E-state index in [1.807, 2.05) is 30.3 Å². The predicted octanol–water partition coefficient (Wildman–Crippen LogP) is 2.12. The number of benzene rings is 1. The minimum absolute atomic E-state index is 0.0141. The highest BCUT2D eigenvalue weighted by molar-refractivity contribution is 5.94. The maximum absolute atomic E-state index is 12.6. The molecule has 0 N–H and O–H groups in total. The molecule has 0 saturated carbocycles. The number of aryl methyl sites for hydroxylation is 1. The van der Waals surface area contributed by atoms with Gasteiger partial charge in [-0.3, -0.25) is 9.59 Å². The molecule has 124 valence electrons. The van der Waals surface area contributed by atoms with Crippen molar-refractivity contribution >= 4 is 11.8 Å². The summed E-state index contributed by atoms with van der Waals surface area (Å²) in [4.78, 5) is 31.8. The highest BCUT2D eigenvalue weighted by atomic mass is 16.4. The fourth-order valence-electron chi connectivity index (χ4n) is 2.64. The van der Waals surface area contributed by atoms with Crippen molar-refractivity contribution in [2.45, 2.75) is 13.0 Å². The number of amides is 2. The van der Waals surface area contributed by atoms with Crippen LogP contribution >= 0.6 is 0 Å². The van der Waals surface area contributed by atoms with Crippen LogP contribution in [-0.4, -0.2) is 52.8 Å². The Morgan fingerprint density at radius 2 is 2.00 bits per heavy atom. The average Bonchev–Trinajstić information content (AvgIpc) is 2.95. The van der Waals surface area contributed by atoms with Gasteiger partial charge in [-0.1, -0.05) is 24.8 Å². The number of carbonyl (C=O) groups is 2. The summed E-state index contributed by atoms with van der Waals surface area (Å²) in [6.07, 6.45) is 1.28. The zero-order valence-electron chi connectivity index (χ0n) is 13.7. The molecular formula is C18H19N3O3. The second kappa shape index (κ2) is 6.31. The second-order valence-electron chi connectivity index (χ2n) is 5.81. The van der Waals surface area contributed by atoms with E-state index in [0.717, 1.165) is 5.56 Å². The Labute approximate surface area is 140 Å². The highest BCUT2D eigenvalue weighted by Gasteiger charge is 2.36. The highest BCUT2D eigenvalue weighted by Crippen LogP contribution is 2.24. The minimum atomic E-state index is -0.172. The Kier molecular flexibility index (Phi) is 4.20. The molecule has 1 aromatic heterocycles. The molecule has 2 heterocycles. The normalized spacial score (nSPS) is 14.2. The van der Waals surface area contributed by atoms with Gasteiger partial charge in [0, 0.05) is 25.7 Å². The Hall–Kier alpha value is -2.89. The topological polar surface area (TPSA) is 66.7 Å². The van der Waals surface area contributed by atoms with E-state index in [1.54, 1.807) is 23.8 Å². The summed E-state index contributed by atoms with van der Waals surface area (Å²) in [7, 11) is 1.71. The van der Waals surface area contributed by atoms with Gasteiger partial charge in [0.2, 0.25) is 11.8 Å². The molecule has 0 spiro atoms. The van der Waals surface area contributed by atoms with Crippen molar-refractivity contribution in [3.8, 4) is 11.5 Å². The van der Waals surface area contributed by atoms with Crippen LogP contribution in [0.5, 0.6) is 0 Å². The number of oxazole rings is 1. The number of rotatable bonds is 4. The first-order valence-corrected chi connectivity index (χ1v) is 7.72. The van der Waals surface area contributed by atoms with Crippen LogP contribution in [0.1, 0.15) is 16.2 Å². The van der Waals surface area contributed by atoms with E-state index in [0.29, 0.717) is 30.4 Å².